The van der Waals surface area contributed by atoms with Crippen LogP contribution < -0.4 is 0 Å². The topological polar surface area (TPSA) is 20.3 Å². The third-order valence-electron chi connectivity index (χ3n) is 2.27. The second kappa shape index (κ2) is 3.68. The van der Waals surface area contributed by atoms with E-state index in [0.29, 0.717) is 10.5 Å². The third kappa shape index (κ3) is 2.03. The van der Waals surface area contributed by atoms with Crippen molar-refractivity contribution in [2.45, 2.75) is 31.3 Å². The summed E-state index contributed by atoms with van der Waals surface area (Å²) >= 11 is 0. The van der Waals surface area contributed by atoms with E-state index in [9.17, 15) is 4.21 Å². The Morgan fingerprint density at radius 2 is 1.82 bits per heavy atom. The number of hydrogen-bond donors (Lipinski definition) is 0. The van der Waals surface area contributed by atoms with Crippen LogP contribution >= 0.6 is 0 Å². The molecule has 2 atom stereocenters. The minimum absolute atomic E-state index is 0.360. The quantitative estimate of drug-likeness (QED) is 0.589. The summed E-state index contributed by atoms with van der Waals surface area (Å²) < 4.78 is 11.5. The summed E-state index contributed by atoms with van der Waals surface area (Å²) in [6.45, 7) is 9.42. The van der Waals surface area contributed by atoms with Crippen molar-refractivity contribution < 1.29 is 4.21 Å². The molecule has 3 heteroatoms. The van der Waals surface area contributed by atoms with Crippen LogP contribution in [-0.2, 0) is 10.8 Å². The molecule has 0 radical (unpaired) electrons. The summed E-state index contributed by atoms with van der Waals surface area (Å²) in [5, 5.41) is 0.720. The zero-order valence-electron chi connectivity index (χ0n) is 7.54. The Bertz CT molecular complexity index is 146. The normalized spacial score (nSPS) is 40.8. The van der Waals surface area contributed by atoms with E-state index in [4.69, 9.17) is 0 Å². The van der Waals surface area contributed by atoms with Gasteiger partial charge in [-0.1, -0.05) is 6.92 Å². The van der Waals surface area contributed by atoms with E-state index in [0.717, 1.165) is 19.6 Å². The molecular formula is C8H17NOS. The molecule has 66 valence electrons. The van der Waals surface area contributed by atoms with E-state index in [2.05, 4.69) is 25.7 Å². The first-order valence-corrected chi connectivity index (χ1v) is 5.54. The van der Waals surface area contributed by atoms with Crippen LogP contribution in [0.5, 0.6) is 0 Å². The zero-order valence-corrected chi connectivity index (χ0v) is 8.36. The van der Waals surface area contributed by atoms with Gasteiger partial charge in [-0.25, -0.2) is 0 Å². The van der Waals surface area contributed by atoms with Gasteiger partial charge in [0.25, 0.3) is 0 Å². The van der Waals surface area contributed by atoms with E-state index < -0.39 is 10.8 Å². The van der Waals surface area contributed by atoms with E-state index in [1.807, 2.05) is 0 Å². The predicted octanol–water partition coefficient (Wildman–Crippen LogP) is 0.848. The molecule has 2 unspecified atom stereocenters. The highest BCUT2D eigenvalue weighted by molar-refractivity contribution is 7.86. The van der Waals surface area contributed by atoms with Crippen LogP contribution in [0.1, 0.15) is 20.8 Å². The Kier molecular flexibility index (Phi) is 3.07. The Balaban J connectivity index is 2.54. The lowest BCUT2D eigenvalue weighted by molar-refractivity contribution is 0.280. The second-order valence-electron chi connectivity index (χ2n) is 3.30. The van der Waals surface area contributed by atoms with Crippen molar-refractivity contribution in [1.29, 1.82) is 0 Å². The molecule has 1 rings (SSSR count). The van der Waals surface area contributed by atoms with Crippen molar-refractivity contribution in [1.82, 2.24) is 4.90 Å². The summed E-state index contributed by atoms with van der Waals surface area (Å²) in [6, 6.07) is 0. The highest BCUT2D eigenvalue weighted by Crippen LogP contribution is 2.13. The van der Waals surface area contributed by atoms with Crippen molar-refractivity contribution in [3.8, 4) is 0 Å². The number of rotatable bonds is 1. The van der Waals surface area contributed by atoms with E-state index in [1.165, 1.54) is 0 Å². The largest absolute Gasteiger partial charge is 0.301 e. The summed E-state index contributed by atoms with van der Waals surface area (Å²) in [7, 11) is -0.594. The van der Waals surface area contributed by atoms with Crippen LogP contribution in [0.4, 0.5) is 0 Å². The van der Waals surface area contributed by atoms with Gasteiger partial charge in [-0.15, -0.1) is 0 Å². The number of hydrogen-bond acceptors (Lipinski definition) is 2. The fourth-order valence-electron chi connectivity index (χ4n) is 1.60. The van der Waals surface area contributed by atoms with Crippen molar-refractivity contribution in [3.63, 3.8) is 0 Å². The minimum Gasteiger partial charge on any atom is -0.301 e. The molecule has 1 heterocycles. The van der Waals surface area contributed by atoms with Crippen LogP contribution in [-0.4, -0.2) is 39.2 Å². The summed E-state index contributed by atoms with van der Waals surface area (Å²) in [6.07, 6.45) is 0. The SMILES string of the molecule is CCN1CC(C)S(=O)C(C)C1. The molecule has 0 saturated carbocycles. The lowest BCUT2D eigenvalue weighted by Crippen LogP contribution is -2.46. The molecule has 1 saturated heterocycles. The number of nitrogens with zero attached hydrogens (tertiary/aromatic N) is 1. The monoisotopic (exact) mass is 175 g/mol. The first-order valence-electron chi connectivity index (χ1n) is 4.27. The lowest BCUT2D eigenvalue weighted by atomic mass is 10.3. The van der Waals surface area contributed by atoms with Gasteiger partial charge in [0, 0.05) is 34.4 Å². The van der Waals surface area contributed by atoms with Crippen LogP contribution in [0.3, 0.4) is 0 Å². The van der Waals surface area contributed by atoms with Gasteiger partial charge in [0.05, 0.1) is 0 Å². The first-order chi connectivity index (χ1) is 5.15. The Morgan fingerprint density at radius 3 is 2.18 bits per heavy atom. The molecular weight excluding hydrogens is 158 g/mol. The maximum atomic E-state index is 11.5. The average Bonchev–Trinajstić information content (AvgIpc) is 1.99. The van der Waals surface area contributed by atoms with E-state index >= 15 is 0 Å². The zero-order chi connectivity index (χ0) is 8.43. The summed E-state index contributed by atoms with van der Waals surface area (Å²) in [4.78, 5) is 2.37. The Morgan fingerprint density at radius 1 is 1.36 bits per heavy atom. The fraction of sp³-hybridized carbons (Fsp3) is 1.00. The highest BCUT2D eigenvalue weighted by Gasteiger charge is 2.27. The molecule has 2 nitrogen and oxygen atoms in total. The molecule has 0 aromatic carbocycles. The molecule has 0 spiro atoms. The van der Waals surface area contributed by atoms with Gasteiger partial charge in [0.1, 0.15) is 0 Å². The molecule has 0 aliphatic carbocycles. The standard InChI is InChI=1S/C8H17NOS/c1-4-9-5-7(2)11(10)8(3)6-9/h7-8H,4-6H2,1-3H3. The van der Waals surface area contributed by atoms with Crippen molar-refractivity contribution in [2.75, 3.05) is 19.6 Å². The predicted molar refractivity (Wildman–Crippen MR) is 49.2 cm³/mol. The van der Waals surface area contributed by atoms with Crippen LogP contribution in [0.2, 0.25) is 0 Å². The maximum absolute atomic E-state index is 11.5. The van der Waals surface area contributed by atoms with Gasteiger partial charge in [-0.3, -0.25) is 4.21 Å². The molecule has 0 amide bonds. The molecule has 0 aromatic heterocycles. The minimum atomic E-state index is -0.594. The first kappa shape index (κ1) is 9.20. The molecule has 0 aromatic rings. The lowest BCUT2D eigenvalue weighted by Gasteiger charge is -2.33. The maximum Gasteiger partial charge on any atom is 0.0450 e. The van der Waals surface area contributed by atoms with E-state index in [-0.39, 0.29) is 0 Å². The molecule has 0 bridgehead atoms. The molecule has 1 aliphatic rings. The van der Waals surface area contributed by atoms with Crippen molar-refractivity contribution in [3.05, 3.63) is 0 Å². The molecule has 11 heavy (non-hydrogen) atoms. The molecule has 1 aliphatic heterocycles. The Hall–Kier alpha value is 0.110. The van der Waals surface area contributed by atoms with Crippen LogP contribution in [0.15, 0.2) is 0 Å². The fourth-order valence-corrected chi connectivity index (χ4v) is 3.11. The summed E-state index contributed by atoms with van der Waals surface area (Å²) in [5.74, 6) is 0. The smallest absolute Gasteiger partial charge is 0.0450 e. The van der Waals surface area contributed by atoms with Crippen molar-refractivity contribution in [2.24, 2.45) is 0 Å². The van der Waals surface area contributed by atoms with Gasteiger partial charge in [-0.2, -0.15) is 0 Å². The third-order valence-corrected chi connectivity index (χ3v) is 4.16. The van der Waals surface area contributed by atoms with E-state index in [1.54, 1.807) is 0 Å². The summed E-state index contributed by atoms with van der Waals surface area (Å²) in [5.41, 5.74) is 0. The van der Waals surface area contributed by atoms with Gasteiger partial charge in [-0.05, 0) is 20.4 Å². The van der Waals surface area contributed by atoms with Crippen LogP contribution in [0, 0.1) is 0 Å². The highest BCUT2D eigenvalue weighted by atomic mass is 32.2. The molecule has 0 N–H and O–H groups in total. The van der Waals surface area contributed by atoms with Crippen LogP contribution in [0.25, 0.3) is 0 Å². The van der Waals surface area contributed by atoms with Gasteiger partial charge in [0.2, 0.25) is 0 Å². The van der Waals surface area contributed by atoms with Gasteiger partial charge >= 0.3 is 0 Å². The van der Waals surface area contributed by atoms with Crippen molar-refractivity contribution >= 4 is 10.8 Å². The average molecular weight is 175 g/mol. The Labute approximate surface area is 71.4 Å². The van der Waals surface area contributed by atoms with Gasteiger partial charge in [0.15, 0.2) is 0 Å². The molecule has 1 fully saturated rings. The van der Waals surface area contributed by atoms with Gasteiger partial charge < -0.3 is 4.90 Å². The second-order valence-corrected chi connectivity index (χ2v) is 5.57.